The smallest absolute Gasteiger partial charge is 0.247 e. The number of nitrogens with zero attached hydrogens (tertiary/aromatic N) is 2. The second-order valence-electron chi connectivity index (χ2n) is 13.0. The highest BCUT2D eigenvalue weighted by molar-refractivity contribution is 5.93. The molecule has 0 bridgehead atoms. The van der Waals surface area contributed by atoms with Crippen molar-refractivity contribution in [3.63, 3.8) is 0 Å². The van der Waals surface area contributed by atoms with Crippen LogP contribution in [-0.2, 0) is 30.5 Å². The molecule has 6 rings (SSSR count). The Hall–Kier alpha value is -4.33. The molecule has 0 unspecified atom stereocenters. The molecule has 0 radical (unpaired) electrons. The van der Waals surface area contributed by atoms with Crippen molar-refractivity contribution in [2.75, 3.05) is 36.5 Å². The quantitative estimate of drug-likeness (QED) is 0.109. The van der Waals surface area contributed by atoms with Gasteiger partial charge in [0.05, 0.1) is 25.5 Å². The number of carbonyl (C=O) groups is 3. The predicted molar refractivity (Wildman–Crippen MR) is 182 cm³/mol. The van der Waals surface area contributed by atoms with E-state index in [1.54, 1.807) is 5.48 Å². The van der Waals surface area contributed by atoms with Crippen LogP contribution in [0.15, 0.2) is 78.9 Å². The van der Waals surface area contributed by atoms with E-state index in [2.05, 4.69) is 32.6 Å². The number of anilines is 2. The van der Waals surface area contributed by atoms with Crippen molar-refractivity contribution in [2.24, 2.45) is 0 Å². The average Bonchev–Trinajstić information content (AvgIpc) is 3.45. The van der Waals surface area contributed by atoms with Crippen LogP contribution in [0.2, 0.25) is 0 Å². The van der Waals surface area contributed by atoms with Gasteiger partial charge in [-0.15, -0.1) is 0 Å². The molecule has 49 heavy (non-hydrogen) atoms. The highest BCUT2D eigenvalue weighted by Crippen LogP contribution is 2.40. The molecule has 0 saturated carbocycles. The summed E-state index contributed by atoms with van der Waals surface area (Å²) in [7, 11) is 0. The monoisotopic (exact) mass is 671 g/mol. The molecule has 3 saturated heterocycles. The average molecular weight is 672 g/mol. The van der Waals surface area contributed by atoms with Crippen LogP contribution < -0.4 is 21.0 Å². The molecular weight excluding hydrogens is 626 g/mol. The zero-order valence-electron chi connectivity index (χ0n) is 27.6. The Morgan fingerprint density at radius 2 is 1.55 bits per heavy atom. The first kappa shape index (κ1) is 34.5. The molecule has 5 N–H and O–H groups in total. The number of likely N-dealkylation sites (tertiary alicyclic amines) is 1. The van der Waals surface area contributed by atoms with Gasteiger partial charge in [-0.2, -0.15) is 0 Å². The van der Waals surface area contributed by atoms with Gasteiger partial charge in [-0.1, -0.05) is 54.6 Å². The Morgan fingerprint density at radius 3 is 2.22 bits per heavy atom. The fourth-order valence-electron chi connectivity index (χ4n) is 7.03. The number of nitrogens with one attached hydrogen (secondary N) is 3. The molecule has 3 fully saturated rings. The molecular formula is C37H45N5O7. The number of aliphatic hydroxyl groups excluding tert-OH is 1. The van der Waals surface area contributed by atoms with E-state index in [9.17, 15) is 19.5 Å². The molecule has 3 amide bonds. The summed E-state index contributed by atoms with van der Waals surface area (Å²) in [5.74, 6) is -0.525. The van der Waals surface area contributed by atoms with Crippen LogP contribution in [-0.4, -0.2) is 70.9 Å². The number of amides is 3. The summed E-state index contributed by atoms with van der Waals surface area (Å²) in [6.07, 6.45) is 2.56. The number of piperidine rings is 1. The molecule has 3 aromatic rings. The Morgan fingerprint density at radius 1 is 0.878 bits per heavy atom. The van der Waals surface area contributed by atoms with E-state index in [0.29, 0.717) is 38.2 Å². The normalized spacial score (nSPS) is 22.1. The Kier molecular flexibility index (Phi) is 11.2. The molecule has 3 heterocycles. The molecule has 3 aliphatic rings. The zero-order chi connectivity index (χ0) is 34.2. The first-order valence-electron chi connectivity index (χ1n) is 17.0. The van der Waals surface area contributed by atoms with Crippen molar-refractivity contribution in [3.8, 4) is 0 Å². The van der Waals surface area contributed by atoms with Crippen LogP contribution in [0.1, 0.15) is 74.0 Å². The predicted octanol–water partition coefficient (Wildman–Crippen LogP) is 4.16. The molecule has 0 aliphatic carbocycles. The van der Waals surface area contributed by atoms with Crippen LogP contribution in [0.25, 0.3) is 0 Å². The van der Waals surface area contributed by atoms with E-state index in [0.717, 1.165) is 48.3 Å². The molecule has 260 valence electrons. The summed E-state index contributed by atoms with van der Waals surface area (Å²) < 4.78 is 13.1. The van der Waals surface area contributed by atoms with Crippen molar-refractivity contribution in [1.82, 2.24) is 15.7 Å². The van der Waals surface area contributed by atoms with Crippen LogP contribution in [0.3, 0.4) is 0 Å². The molecule has 3 aliphatic heterocycles. The van der Waals surface area contributed by atoms with Crippen molar-refractivity contribution in [3.05, 3.63) is 95.6 Å². The number of ether oxygens (including phenoxy) is 2. The van der Waals surface area contributed by atoms with Gasteiger partial charge in [0, 0.05) is 55.8 Å². The number of unbranched alkanes of at least 4 members (excludes halogenated alkanes) is 1. The van der Waals surface area contributed by atoms with Gasteiger partial charge < -0.3 is 35.0 Å². The minimum Gasteiger partial charge on any atom is -0.392 e. The summed E-state index contributed by atoms with van der Waals surface area (Å²) in [5, 5.41) is 24.1. The van der Waals surface area contributed by atoms with E-state index >= 15 is 0 Å². The zero-order valence-corrected chi connectivity index (χ0v) is 27.6. The van der Waals surface area contributed by atoms with Crippen molar-refractivity contribution < 1.29 is 34.2 Å². The molecule has 0 aromatic heterocycles. The SMILES string of the molecule is O=C(CCCCC(=O)Nc1ccc([C@@H]2O[C@H](CN3CCC4(CC3)C(=O)NCN4c3ccccc3)C[C@H](c3ccc(CO)cc3)O2)cc1)NO. The maximum Gasteiger partial charge on any atom is 0.247 e. The maximum absolute atomic E-state index is 13.2. The Labute approximate surface area is 286 Å². The van der Waals surface area contributed by atoms with E-state index < -0.39 is 17.7 Å². The third-order valence-corrected chi connectivity index (χ3v) is 9.81. The molecule has 3 aromatic carbocycles. The van der Waals surface area contributed by atoms with E-state index in [4.69, 9.17) is 14.7 Å². The van der Waals surface area contributed by atoms with Gasteiger partial charge in [-0.3, -0.25) is 19.6 Å². The number of carbonyl (C=O) groups excluding carboxylic acids is 3. The van der Waals surface area contributed by atoms with E-state index in [1.807, 2.05) is 66.7 Å². The summed E-state index contributed by atoms with van der Waals surface area (Å²) in [6.45, 7) is 2.71. The summed E-state index contributed by atoms with van der Waals surface area (Å²) in [6, 6.07) is 25.3. The van der Waals surface area contributed by atoms with Crippen molar-refractivity contribution >= 4 is 29.1 Å². The van der Waals surface area contributed by atoms with Gasteiger partial charge in [0.2, 0.25) is 17.7 Å². The molecule has 12 heteroatoms. The molecule has 1 spiro atoms. The lowest BCUT2D eigenvalue weighted by Crippen LogP contribution is -2.57. The van der Waals surface area contributed by atoms with Crippen molar-refractivity contribution in [2.45, 2.75) is 75.6 Å². The largest absolute Gasteiger partial charge is 0.392 e. The summed E-state index contributed by atoms with van der Waals surface area (Å²) in [4.78, 5) is 41.4. The number of hydrogen-bond acceptors (Lipinski definition) is 9. The van der Waals surface area contributed by atoms with Gasteiger partial charge in [-0.25, -0.2) is 5.48 Å². The second kappa shape index (κ2) is 15.9. The van der Waals surface area contributed by atoms with Crippen LogP contribution >= 0.6 is 0 Å². The minimum atomic E-state index is -0.631. The lowest BCUT2D eigenvalue weighted by molar-refractivity contribution is -0.253. The first-order chi connectivity index (χ1) is 23.9. The molecule has 12 nitrogen and oxygen atoms in total. The number of hydrogen-bond donors (Lipinski definition) is 5. The first-order valence-corrected chi connectivity index (χ1v) is 17.0. The third-order valence-electron chi connectivity index (χ3n) is 9.81. The Bertz CT molecular complexity index is 1560. The van der Waals surface area contributed by atoms with Gasteiger partial charge in [0.1, 0.15) is 5.54 Å². The number of rotatable bonds is 12. The maximum atomic E-state index is 13.2. The lowest BCUT2D eigenvalue weighted by atomic mass is 9.85. The van der Waals surface area contributed by atoms with E-state index in [-0.39, 0.29) is 43.5 Å². The van der Waals surface area contributed by atoms with Crippen LogP contribution in [0.5, 0.6) is 0 Å². The van der Waals surface area contributed by atoms with Crippen LogP contribution in [0, 0.1) is 0 Å². The number of para-hydroxylation sites is 1. The standard InChI is InChI=1S/C37H45N5O7/c43-24-26-10-12-27(13-11-26)32-22-31(23-41-20-18-37(19-21-41)36(46)38-25-42(37)30-6-2-1-3-7-30)48-35(49-32)28-14-16-29(17-15-28)39-33(44)8-4-5-9-34(45)40-47/h1-3,6-7,10-17,31-32,35,43,47H,4-5,8-9,18-25H2,(H,38,46)(H,39,44)(H,40,45)/t31-,32+,35+/m0/s1. The van der Waals surface area contributed by atoms with Gasteiger partial charge >= 0.3 is 0 Å². The number of benzene rings is 3. The summed E-state index contributed by atoms with van der Waals surface area (Å²) >= 11 is 0. The number of aliphatic hydroxyl groups is 1. The van der Waals surface area contributed by atoms with Crippen molar-refractivity contribution in [1.29, 1.82) is 0 Å². The fourth-order valence-corrected chi connectivity index (χ4v) is 7.03. The highest BCUT2D eigenvalue weighted by Gasteiger charge is 2.50. The fraction of sp³-hybridized carbons (Fsp3) is 0.432. The van der Waals surface area contributed by atoms with Crippen LogP contribution in [0.4, 0.5) is 11.4 Å². The Balaban J connectivity index is 1.10. The van der Waals surface area contributed by atoms with Gasteiger partial charge in [0.15, 0.2) is 6.29 Å². The third kappa shape index (κ3) is 8.28. The highest BCUT2D eigenvalue weighted by atomic mass is 16.7. The minimum absolute atomic E-state index is 0.0277. The molecule has 3 atom stereocenters. The topological polar surface area (TPSA) is 153 Å². The second-order valence-corrected chi connectivity index (χ2v) is 13.0. The van der Waals surface area contributed by atoms with Gasteiger partial charge in [0.25, 0.3) is 0 Å². The van der Waals surface area contributed by atoms with E-state index in [1.165, 1.54) is 0 Å². The lowest BCUT2D eigenvalue weighted by Gasteiger charge is -2.45. The summed E-state index contributed by atoms with van der Waals surface area (Å²) in [5.41, 5.74) is 5.41. The van der Waals surface area contributed by atoms with Gasteiger partial charge in [-0.05, 0) is 61.1 Å². The number of hydroxylamine groups is 1.